The van der Waals surface area contributed by atoms with Gasteiger partial charge in [-0.05, 0) is 38.6 Å². The summed E-state index contributed by atoms with van der Waals surface area (Å²) in [5.74, 6) is 0.363. The molecular weight excluding hydrogens is 282 g/mol. The molecule has 0 aliphatic carbocycles. The van der Waals surface area contributed by atoms with Crippen molar-refractivity contribution in [3.63, 3.8) is 0 Å². The monoisotopic (exact) mass is 307 g/mol. The molecule has 22 heavy (non-hydrogen) atoms. The highest BCUT2D eigenvalue weighted by Gasteiger charge is 2.35. The number of carbonyl (C=O) groups excluding carboxylic acids is 1. The summed E-state index contributed by atoms with van der Waals surface area (Å²) in [4.78, 5) is 18.5. The number of piperazine rings is 1. The van der Waals surface area contributed by atoms with Crippen molar-refractivity contribution in [3.05, 3.63) is 24.2 Å². The summed E-state index contributed by atoms with van der Waals surface area (Å²) in [5, 5.41) is 10.7. The summed E-state index contributed by atoms with van der Waals surface area (Å²) in [6.07, 6.45) is 3.44. The van der Waals surface area contributed by atoms with Crippen LogP contribution in [-0.4, -0.2) is 84.2 Å². The lowest BCUT2D eigenvalue weighted by atomic mass is 9.92. The summed E-state index contributed by atoms with van der Waals surface area (Å²) < 4.78 is 5.17. The van der Waals surface area contributed by atoms with Crippen LogP contribution in [0.2, 0.25) is 0 Å². The van der Waals surface area contributed by atoms with Gasteiger partial charge in [0, 0.05) is 39.3 Å². The fourth-order valence-corrected chi connectivity index (χ4v) is 3.55. The molecule has 1 N–H and O–H groups in total. The number of hydrogen-bond donors (Lipinski definition) is 1. The van der Waals surface area contributed by atoms with Gasteiger partial charge >= 0.3 is 0 Å². The van der Waals surface area contributed by atoms with Crippen molar-refractivity contribution >= 4 is 5.91 Å². The van der Waals surface area contributed by atoms with E-state index in [1.165, 1.54) is 6.26 Å². The Balaban J connectivity index is 1.50. The van der Waals surface area contributed by atoms with Crippen LogP contribution < -0.4 is 0 Å². The molecule has 2 saturated heterocycles. The van der Waals surface area contributed by atoms with E-state index in [0.717, 1.165) is 39.0 Å². The summed E-state index contributed by atoms with van der Waals surface area (Å²) >= 11 is 0. The maximum Gasteiger partial charge on any atom is 0.289 e. The Morgan fingerprint density at radius 2 is 2.09 bits per heavy atom. The number of nitrogens with zero attached hydrogens (tertiary/aromatic N) is 3. The second kappa shape index (κ2) is 6.40. The van der Waals surface area contributed by atoms with E-state index in [2.05, 4.69) is 16.8 Å². The Morgan fingerprint density at radius 1 is 1.32 bits per heavy atom. The molecule has 1 aromatic rings. The number of carbonyl (C=O) groups is 1. The van der Waals surface area contributed by atoms with Crippen molar-refractivity contribution in [2.75, 3.05) is 52.9 Å². The molecule has 0 radical (unpaired) electrons. The molecule has 2 aliphatic heterocycles. The third-order valence-corrected chi connectivity index (χ3v) is 4.66. The first-order chi connectivity index (χ1) is 10.6. The standard InChI is InChI=1S/C16H25N3O3/c1-17-6-3-5-16(21,12-17)13-18-7-9-19(10-8-18)15(20)14-4-2-11-22-14/h2,4,11,21H,3,5-10,12-13H2,1H3/t16-/m1/s1. The second-order valence-electron chi connectivity index (χ2n) is 6.61. The minimum Gasteiger partial charge on any atom is -0.459 e. The number of rotatable bonds is 3. The molecule has 0 spiro atoms. The van der Waals surface area contributed by atoms with Crippen LogP contribution >= 0.6 is 0 Å². The van der Waals surface area contributed by atoms with Gasteiger partial charge in [-0.25, -0.2) is 0 Å². The predicted octanol–water partition coefficient (Wildman–Crippen LogP) is 0.494. The first-order valence-corrected chi connectivity index (χ1v) is 8.02. The maximum atomic E-state index is 12.2. The quantitative estimate of drug-likeness (QED) is 0.881. The van der Waals surface area contributed by atoms with Gasteiger partial charge in [-0.2, -0.15) is 0 Å². The molecule has 122 valence electrons. The first-order valence-electron chi connectivity index (χ1n) is 8.02. The molecule has 3 heterocycles. The van der Waals surface area contributed by atoms with Gasteiger partial charge in [0.25, 0.3) is 5.91 Å². The molecule has 6 nitrogen and oxygen atoms in total. The zero-order valence-corrected chi connectivity index (χ0v) is 13.2. The van der Waals surface area contributed by atoms with Gasteiger partial charge in [0.1, 0.15) is 0 Å². The molecule has 2 aliphatic rings. The number of likely N-dealkylation sites (N-methyl/N-ethyl adjacent to an activating group) is 1. The number of hydrogen-bond acceptors (Lipinski definition) is 5. The molecule has 1 aromatic heterocycles. The fraction of sp³-hybridized carbons (Fsp3) is 0.688. The Kier molecular flexibility index (Phi) is 4.52. The van der Waals surface area contributed by atoms with Gasteiger partial charge in [-0.3, -0.25) is 9.69 Å². The second-order valence-corrected chi connectivity index (χ2v) is 6.61. The van der Waals surface area contributed by atoms with Gasteiger partial charge in [-0.15, -0.1) is 0 Å². The molecule has 1 amide bonds. The van der Waals surface area contributed by atoms with Crippen LogP contribution in [0.1, 0.15) is 23.4 Å². The van der Waals surface area contributed by atoms with E-state index in [4.69, 9.17) is 4.42 Å². The number of furan rings is 1. The van der Waals surface area contributed by atoms with Gasteiger partial charge in [-0.1, -0.05) is 0 Å². The highest BCUT2D eigenvalue weighted by Crippen LogP contribution is 2.22. The van der Waals surface area contributed by atoms with E-state index < -0.39 is 5.60 Å². The van der Waals surface area contributed by atoms with Gasteiger partial charge in [0.05, 0.1) is 11.9 Å². The zero-order chi connectivity index (χ0) is 15.6. The number of likely N-dealkylation sites (tertiary alicyclic amines) is 1. The molecule has 0 aromatic carbocycles. The van der Waals surface area contributed by atoms with Crippen molar-refractivity contribution in [2.24, 2.45) is 0 Å². The fourth-order valence-electron chi connectivity index (χ4n) is 3.55. The van der Waals surface area contributed by atoms with Crippen LogP contribution in [0.3, 0.4) is 0 Å². The molecule has 6 heteroatoms. The van der Waals surface area contributed by atoms with E-state index in [-0.39, 0.29) is 5.91 Å². The zero-order valence-electron chi connectivity index (χ0n) is 13.2. The van der Waals surface area contributed by atoms with Crippen LogP contribution in [-0.2, 0) is 0 Å². The summed E-state index contributed by atoms with van der Waals surface area (Å²) in [7, 11) is 2.06. The minimum atomic E-state index is -0.611. The molecular formula is C16H25N3O3. The third-order valence-electron chi connectivity index (χ3n) is 4.66. The van der Waals surface area contributed by atoms with E-state index in [1.54, 1.807) is 12.1 Å². The average Bonchev–Trinajstić information content (AvgIpc) is 3.01. The third kappa shape index (κ3) is 3.51. The average molecular weight is 307 g/mol. The lowest BCUT2D eigenvalue weighted by molar-refractivity contribution is -0.0528. The Morgan fingerprint density at radius 3 is 2.73 bits per heavy atom. The Labute approximate surface area is 131 Å². The molecule has 0 unspecified atom stereocenters. The van der Waals surface area contributed by atoms with Gasteiger partial charge < -0.3 is 19.3 Å². The number of amides is 1. The summed E-state index contributed by atoms with van der Waals surface area (Å²) in [6, 6.07) is 3.44. The van der Waals surface area contributed by atoms with Crippen molar-refractivity contribution in [2.45, 2.75) is 18.4 Å². The van der Waals surface area contributed by atoms with E-state index in [9.17, 15) is 9.90 Å². The largest absolute Gasteiger partial charge is 0.459 e. The smallest absolute Gasteiger partial charge is 0.289 e. The number of β-amino-alcohol motifs (C(OH)–C–C–N with tert-alkyl or cyclic N) is 1. The highest BCUT2D eigenvalue weighted by atomic mass is 16.3. The van der Waals surface area contributed by atoms with Crippen LogP contribution in [0.25, 0.3) is 0 Å². The summed E-state index contributed by atoms with van der Waals surface area (Å²) in [6.45, 7) is 5.47. The van der Waals surface area contributed by atoms with Crippen molar-refractivity contribution < 1.29 is 14.3 Å². The first kappa shape index (κ1) is 15.5. The molecule has 1 atom stereocenters. The molecule has 2 fully saturated rings. The van der Waals surface area contributed by atoms with Crippen molar-refractivity contribution in [1.82, 2.24) is 14.7 Å². The van der Waals surface area contributed by atoms with Crippen LogP contribution in [0.5, 0.6) is 0 Å². The van der Waals surface area contributed by atoms with E-state index in [1.807, 2.05) is 4.90 Å². The lowest BCUT2D eigenvalue weighted by Gasteiger charge is -2.43. The van der Waals surface area contributed by atoms with E-state index >= 15 is 0 Å². The topological polar surface area (TPSA) is 60.2 Å². The van der Waals surface area contributed by atoms with Crippen LogP contribution in [0.4, 0.5) is 0 Å². The van der Waals surface area contributed by atoms with Crippen LogP contribution in [0.15, 0.2) is 22.8 Å². The Bertz CT molecular complexity index is 497. The Hall–Kier alpha value is -1.37. The van der Waals surface area contributed by atoms with Crippen molar-refractivity contribution in [1.29, 1.82) is 0 Å². The summed E-state index contributed by atoms with van der Waals surface area (Å²) in [5.41, 5.74) is -0.611. The number of piperidine rings is 1. The van der Waals surface area contributed by atoms with Gasteiger partial charge in [0.2, 0.25) is 0 Å². The van der Waals surface area contributed by atoms with Crippen LogP contribution in [0, 0.1) is 0 Å². The highest BCUT2D eigenvalue weighted by molar-refractivity contribution is 5.91. The van der Waals surface area contributed by atoms with E-state index in [0.29, 0.717) is 25.4 Å². The minimum absolute atomic E-state index is 0.0410. The number of aliphatic hydroxyl groups is 1. The predicted molar refractivity (Wildman–Crippen MR) is 82.7 cm³/mol. The SMILES string of the molecule is CN1CCC[C@](O)(CN2CCN(C(=O)c3ccco3)CC2)C1. The molecule has 0 bridgehead atoms. The molecule has 3 rings (SSSR count). The normalized spacial score (nSPS) is 28.0. The maximum absolute atomic E-state index is 12.2. The lowest BCUT2D eigenvalue weighted by Crippen LogP contribution is -2.57. The van der Waals surface area contributed by atoms with Crippen molar-refractivity contribution in [3.8, 4) is 0 Å². The molecule has 0 saturated carbocycles. The van der Waals surface area contributed by atoms with Gasteiger partial charge in [0.15, 0.2) is 5.76 Å².